The van der Waals surface area contributed by atoms with Crippen LogP contribution in [0, 0.1) is 0 Å². The van der Waals surface area contributed by atoms with Gasteiger partial charge in [0.2, 0.25) is 21.9 Å². The molecule has 0 amide bonds. The van der Waals surface area contributed by atoms with E-state index in [9.17, 15) is 8.42 Å². The molecule has 0 saturated carbocycles. The van der Waals surface area contributed by atoms with E-state index < -0.39 is 10.0 Å². The summed E-state index contributed by atoms with van der Waals surface area (Å²) in [4.78, 5) is 22.0. The third kappa shape index (κ3) is 6.61. The second-order valence-corrected chi connectivity index (χ2v) is 13.3. The molecule has 0 unspecified atom stereocenters. The Kier molecular flexibility index (Phi) is 8.75. The van der Waals surface area contributed by atoms with E-state index in [1.807, 2.05) is 6.07 Å². The Morgan fingerprint density at radius 1 is 1.02 bits per heavy atom. The van der Waals surface area contributed by atoms with Gasteiger partial charge in [-0.3, -0.25) is 9.62 Å². The predicted molar refractivity (Wildman–Crippen MR) is 165 cm³/mol. The Bertz CT molecular complexity index is 1500. The molecule has 0 atom stereocenters. The summed E-state index contributed by atoms with van der Waals surface area (Å²) >= 11 is 0. The van der Waals surface area contributed by atoms with Crippen molar-refractivity contribution in [2.75, 3.05) is 75.5 Å². The van der Waals surface area contributed by atoms with E-state index in [1.165, 1.54) is 52.3 Å². The zero-order valence-corrected chi connectivity index (χ0v) is 25.4. The summed E-state index contributed by atoms with van der Waals surface area (Å²) in [7, 11) is -2.08. The van der Waals surface area contributed by atoms with Gasteiger partial charge in [0.1, 0.15) is 5.69 Å². The fourth-order valence-corrected chi connectivity index (χ4v) is 6.98. The van der Waals surface area contributed by atoms with Crippen LogP contribution in [0.4, 0.5) is 11.6 Å². The Balaban J connectivity index is 1.35. The van der Waals surface area contributed by atoms with E-state index in [1.54, 1.807) is 12.3 Å². The molecule has 11 nitrogen and oxygen atoms in total. The minimum absolute atomic E-state index is 0.199. The lowest BCUT2D eigenvalue weighted by atomic mass is 9.99. The van der Waals surface area contributed by atoms with Gasteiger partial charge in [-0.2, -0.15) is 0 Å². The summed E-state index contributed by atoms with van der Waals surface area (Å²) in [6.45, 7) is 8.14. The first kappa shape index (κ1) is 29.0. The van der Waals surface area contributed by atoms with Crippen LogP contribution in [0.25, 0.3) is 22.2 Å². The van der Waals surface area contributed by atoms with Crippen molar-refractivity contribution in [3.05, 3.63) is 36.0 Å². The van der Waals surface area contributed by atoms with Crippen molar-refractivity contribution in [2.45, 2.75) is 44.7 Å². The molecule has 3 aliphatic heterocycles. The van der Waals surface area contributed by atoms with Crippen LogP contribution in [0.5, 0.6) is 5.88 Å². The fourth-order valence-electron chi connectivity index (χ4n) is 6.44. The van der Waals surface area contributed by atoms with Gasteiger partial charge in [-0.15, -0.1) is 0 Å². The van der Waals surface area contributed by atoms with E-state index in [-0.39, 0.29) is 11.6 Å². The van der Waals surface area contributed by atoms with Gasteiger partial charge in [0.05, 0.1) is 37.8 Å². The van der Waals surface area contributed by atoms with Crippen molar-refractivity contribution < 1.29 is 17.9 Å². The average molecular weight is 596 g/mol. The van der Waals surface area contributed by atoms with Crippen LogP contribution in [0.1, 0.15) is 37.7 Å². The van der Waals surface area contributed by atoms with Crippen molar-refractivity contribution >= 4 is 32.6 Å². The van der Waals surface area contributed by atoms with Crippen molar-refractivity contribution in [3.8, 4) is 17.1 Å². The second kappa shape index (κ2) is 12.7. The molecular weight excluding hydrogens is 554 g/mol. The molecule has 2 aromatic heterocycles. The number of sulfonamides is 1. The lowest BCUT2D eigenvalue weighted by Crippen LogP contribution is -2.46. The summed E-state index contributed by atoms with van der Waals surface area (Å²) in [6.07, 6.45) is 9.23. The molecule has 226 valence electrons. The topological polar surface area (TPSA) is 113 Å². The highest BCUT2D eigenvalue weighted by Crippen LogP contribution is 2.34. The van der Waals surface area contributed by atoms with E-state index in [4.69, 9.17) is 19.4 Å². The molecule has 3 fully saturated rings. The molecule has 0 spiro atoms. The Labute approximate surface area is 248 Å². The van der Waals surface area contributed by atoms with E-state index in [0.29, 0.717) is 49.6 Å². The summed E-state index contributed by atoms with van der Waals surface area (Å²) in [6, 6.07) is 8.70. The van der Waals surface area contributed by atoms with Gasteiger partial charge in [0, 0.05) is 42.8 Å². The number of anilines is 2. The Morgan fingerprint density at radius 3 is 2.50 bits per heavy atom. The molecule has 0 radical (unpaired) electrons. The molecular formula is C30H41N7O4S. The first-order valence-corrected chi connectivity index (χ1v) is 16.9. The number of pyridine rings is 1. The smallest absolute Gasteiger partial charge is 0.238 e. The van der Waals surface area contributed by atoms with Crippen molar-refractivity contribution in [2.24, 2.45) is 0 Å². The van der Waals surface area contributed by atoms with Crippen LogP contribution in [0.15, 0.2) is 30.5 Å². The normalized spacial score (nSPS) is 19.7. The van der Waals surface area contributed by atoms with Crippen molar-refractivity contribution in [1.29, 1.82) is 0 Å². The molecule has 3 aliphatic rings. The number of likely N-dealkylation sites (tertiary alicyclic amines) is 2. The standard InChI is InChI=1S/C30H41N7O4S/c1-40-29-26(34-42(2,38)39)19-23(20-31-29)28-25-8-6-7-22(27(25)32-30(33-28)37-15-17-41-18-16-37)21-35-13-9-24(10-14-35)36-11-4-3-5-12-36/h6-8,19-20,24,34H,3-5,9-18,21H2,1-2H3. The third-order valence-corrected chi connectivity index (χ3v) is 9.15. The number of benzene rings is 1. The zero-order chi connectivity index (χ0) is 29.1. The average Bonchev–Trinajstić information content (AvgIpc) is 3.01. The predicted octanol–water partition coefficient (Wildman–Crippen LogP) is 3.36. The van der Waals surface area contributed by atoms with Gasteiger partial charge in [0.15, 0.2) is 0 Å². The molecule has 1 aromatic carbocycles. The Morgan fingerprint density at radius 2 is 1.79 bits per heavy atom. The largest absolute Gasteiger partial charge is 0.480 e. The summed E-state index contributed by atoms with van der Waals surface area (Å²) in [5.41, 5.74) is 3.74. The molecule has 3 aromatic rings. The number of para-hydroxylation sites is 1. The second-order valence-electron chi connectivity index (χ2n) is 11.5. The lowest BCUT2D eigenvalue weighted by molar-refractivity contribution is 0.0898. The highest BCUT2D eigenvalue weighted by atomic mass is 32.2. The van der Waals surface area contributed by atoms with Crippen LogP contribution in [-0.4, -0.2) is 105 Å². The number of rotatable bonds is 8. The minimum Gasteiger partial charge on any atom is -0.480 e. The number of hydrogen-bond acceptors (Lipinski definition) is 10. The number of piperidine rings is 2. The maximum Gasteiger partial charge on any atom is 0.238 e. The van der Waals surface area contributed by atoms with Crippen molar-refractivity contribution in [1.82, 2.24) is 24.8 Å². The first-order valence-electron chi connectivity index (χ1n) is 15.0. The number of aromatic nitrogens is 3. The van der Waals surface area contributed by atoms with Crippen LogP contribution >= 0.6 is 0 Å². The van der Waals surface area contributed by atoms with Crippen molar-refractivity contribution in [3.63, 3.8) is 0 Å². The summed E-state index contributed by atoms with van der Waals surface area (Å²) < 4.78 is 37.6. The molecule has 42 heavy (non-hydrogen) atoms. The molecule has 5 heterocycles. The Hall–Kier alpha value is -3.06. The quantitative estimate of drug-likeness (QED) is 0.416. The van der Waals surface area contributed by atoms with Gasteiger partial charge in [-0.1, -0.05) is 24.6 Å². The number of ether oxygens (including phenoxy) is 2. The number of hydrogen-bond donors (Lipinski definition) is 1. The van der Waals surface area contributed by atoms with Gasteiger partial charge in [-0.05, 0) is 63.5 Å². The molecule has 1 N–H and O–H groups in total. The van der Waals surface area contributed by atoms with E-state index in [2.05, 4.69) is 36.5 Å². The highest BCUT2D eigenvalue weighted by molar-refractivity contribution is 7.92. The van der Waals surface area contributed by atoms with Gasteiger partial charge in [-0.25, -0.2) is 23.4 Å². The highest BCUT2D eigenvalue weighted by Gasteiger charge is 2.27. The third-order valence-electron chi connectivity index (χ3n) is 8.56. The molecule has 6 rings (SSSR count). The number of methoxy groups -OCH3 is 1. The molecule has 3 saturated heterocycles. The molecule has 0 bridgehead atoms. The van der Waals surface area contributed by atoms with Crippen LogP contribution in [-0.2, 0) is 21.3 Å². The fraction of sp³-hybridized carbons (Fsp3) is 0.567. The van der Waals surface area contributed by atoms with Crippen LogP contribution < -0.4 is 14.4 Å². The van der Waals surface area contributed by atoms with Gasteiger partial charge < -0.3 is 19.3 Å². The lowest BCUT2D eigenvalue weighted by Gasteiger charge is -2.40. The van der Waals surface area contributed by atoms with E-state index in [0.717, 1.165) is 42.4 Å². The molecule has 0 aliphatic carbocycles. The SMILES string of the molecule is COc1ncc(-c2nc(N3CCOCC3)nc3c(CN4CCC(N5CCCCC5)CC4)cccc23)cc1NS(C)(=O)=O. The maximum absolute atomic E-state index is 12.1. The van der Waals surface area contributed by atoms with Crippen LogP contribution in [0.3, 0.4) is 0 Å². The van der Waals surface area contributed by atoms with Crippen LogP contribution in [0.2, 0.25) is 0 Å². The zero-order valence-electron chi connectivity index (χ0n) is 24.6. The number of nitrogens with zero attached hydrogens (tertiary/aromatic N) is 6. The number of fused-ring (bicyclic) bond motifs is 1. The summed E-state index contributed by atoms with van der Waals surface area (Å²) in [5, 5.41) is 0.907. The summed E-state index contributed by atoms with van der Waals surface area (Å²) in [5.74, 6) is 0.843. The minimum atomic E-state index is -3.54. The maximum atomic E-state index is 12.1. The monoisotopic (exact) mass is 595 g/mol. The number of nitrogens with one attached hydrogen (secondary N) is 1. The van der Waals surface area contributed by atoms with Gasteiger partial charge >= 0.3 is 0 Å². The first-order chi connectivity index (χ1) is 20.4. The van der Waals surface area contributed by atoms with Gasteiger partial charge in [0.25, 0.3) is 0 Å². The number of morpholine rings is 1. The van der Waals surface area contributed by atoms with E-state index >= 15 is 0 Å². The molecule has 12 heteroatoms.